The maximum atomic E-state index is 11.8. The summed E-state index contributed by atoms with van der Waals surface area (Å²) in [6.45, 7) is 3.67. The van der Waals surface area contributed by atoms with Crippen LogP contribution in [0.5, 0.6) is 0 Å². The summed E-state index contributed by atoms with van der Waals surface area (Å²) in [6, 6.07) is 10.6. The number of likely N-dealkylation sites (tertiary alicyclic amines) is 1. The van der Waals surface area contributed by atoms with E-state index in [0.717, 1.165) is 24.9 Å². The molecule has 2 fully saturated rings. The van der Waals surface area contributed by atoms with Gasteiger partial charge in [0.05, 0.1) is 5.60 Å². The Hall–Kier alpha value is -0.860. The van der Waals surface area contributed by atoms with Crippen LogP contribution in [0.4, 0.5) is 0 Å². The number of hydrogen-bond donors (Lipinski definition) is 1. The summed E-state index contributed by atoms with van der Waals surface area (Å²) in [5, 5.41) is 11.8. The average Bonchev–Trinajstić information content (AvgIpc) is 2.63. The predicted octanol–water partition coefficient (Wildman–Crippen LogP) is 6.77. The van der Waals surface area contributed by atoms with Crippen molar-refractivity contribution in [2.45, 2.75) is 97.5 Å². The lowest BCUT2D eigenvalue weighted by molar-refractivity contribution is -0.0453. The number of benzene rings is 1. The lowest BCUT2D eigenvalue weighted by Crippen LogP contribution is -2.37. The SMILES string of the molecule is C.C.OC(CCCN1CCCCC1)(c1ccccc1)C1CCCCCCC1. The van der Waals surface area contributed by atoms with Crippen molar-refractivity contribution in [1.29, 1.82) is 0 Å². The maximum Gasteiger partial charge on any atom is 0.0925 e. The Morgan fingerprint density at radius 3 is 2.00 bits per heavy atom. The summed E-state index contributed by atoms with van der Waals surface area (Å²) in [5.41, 5.74) is 0.521. The van der Waals surface area contributed by atoms with E-state index in [0.29, 0.717) is 5.92 Å². The topological polar surface area (TPSA) is 23.5 Å². The van der Waals surface area contributed by atoms with Crippen LogP contribution in [-0.2, 0) is 5.60 Å². The van der Waals surface area contributed by atoms with Crippen LogP contribution in [0.2, 0.25) is 0 Å². The van der Waals surface area contributed by atoms with Gasteiger partial charge in [0.2, 0.25) is 0 Å². The van der Waals surface area contributed by atoms with Crippen molar-refractivity contribution in [3.05, 3.63) is 35.9 Å². The van der Waals surface area contributed by atoms with Gasteiger partial charge in [0.15, 0.2) is 0 Å². The lowest BCUT2D eigenvalue weighted by atomic mass is 9.72. The molecule has 0 bridgehead atoms. The van der Waals surface area contributed by atoms with E-state index in [1.54, 1.807) is 0 Å². The summed E-state index contributed by atoms with van der Waals surface area (Å²) in [4.78, 5) is 2.60. The average molecular weight is 376 g/mol. The van der Waals surface area contributed by atoms with E-state index in [2.05, 4.69) is 35.2 Å². The van der Waals surface area contributed by atoms with Gasteiger partial charge in [-0.15, -0.1) is 0 Å². The van der Waals surface area contributed by atoms with Crippen molar-refractivity contribution in [2.75, 3.05) is 19.6 Å². The van der Waals surface area contributed by atoms with E-state index in [4.69, 9.17) is 0 Å². The Bertz CT molecular complexity index is 474. The lowest BCUT2D eigenvalue weighted by Gasteiger charge is -2.39. The zero-order valence-corrected chi connectivity index (χ0v) is 16.0. The summed E-state index contributed by atoms with van der Waals surface area (Å²) >= 11 is 0. The third kappa shape index (κ3) is 6.91. The zero-order chi connectivity index (χ0) is 17.4. The molecule has 1 saturated heterocycles. The van der Waals surface area contributed by atoms with Gasteiger partial charge in [-0.1, -0.05) is 83.7 Å². The zero-order valence-electron chi connectivity index (χ0n) is 16.0. The Labute approximate surface area is 169 Å². The van der Waals surface area contributed by atoms with Gasteiger partial charge in [-0.2, -0.15) is 0 Å². The highest BCUT2D eigenvalue weighted by Crippen LogP contribution is 2.41. The van der Waals surface area contributed by atoms with E-state index in [1.165, 1.54) is 77.3 Å². The Morgan fingerprint density at radius 1 is 0.815 bits per heavy atom. The normalized spacial score (nSPS) is 21.8. The fraction of sp³-hybridized carbons (Fsp3) is 0.760. The number of hydrogen-bond acceptors (Lipinski definition) is 2. The number of nitrogens with zero attached hydrogens (tertiary/aromatic N) is 1. The summed E-state index contributed by atoms with van der Waals surface area (Å²) in [6.07, 6.45) is 15.1. The van der Waals surface area contributed by atoms with Crippen LogP contribution in [0, 0.1) is 5.92 Å². The van der Waals surface area contributed by atoms with Gasteiger partial charge in [-0.25, -0.2) is 0 Å². The molecule has 2 nitrogen and oxygen atoms in total. The van der Waals surface area contributed by atoms with Crippen molar-refractivity contribution in [1.82, 2.24) is 4.90 Å². The van der Waals surface area contributed by atoms with E-state index in [-0.39, 0.29) is 14.9 Å². The molecule has 1 heterocycles. The van der Waals surface area contributed by atoms with Crippen LogP contribution in [0.15, 0.2) is 30.3 Å². The molecule has 1 aromatic carbocycles. The van der Waals surface area contributed by atoms with E-state index in [1.807, 2.05) is 0 Å². The second kappa shape index (κ2) is 12.6. The highest BCUT2D eigenvalue weighted by molar-refractivity contribution is 5.23. The molecule has 1 aliphatic carbocycles. The molecule has 1 saturated carbocycles. The summed E-state index contributed by atoms with van der Waals surface area (Å²) < 4.78 is 0. The molecule has 1 N–H and O–H groups in total. The Kier molecular flexibility index (Phi) is 11.3. The molecule has 1 atom stereocenters. The Morgan fingerprint density at radius 2 is 1.37 bits per heavy atom. The fourth-order valence-electron chi connectivity index (χ4n) is 5.00. The number of rotatable bonds is 6. The summed E-state index contributed by atoms with van der Waals surface area (Å²) in [5.74, 6) is 0.427. The molecule has 0 spiro atoms. The molecule has 1 aromatic rings. The molecule has 0 radical (unpaired) electrons. The Balaban J connectivity index is 0.00000182. The minimum Gasteiger partial charge on any atom is -0.385 e. The van der Waals surface area contributed by atoms with Crippen molar-refractivity contribution in [2.24, 2.45) is 5.92 Å². The molecule has 0 amide bonds. The minimum atomic E-state index is -0.631. The van der Waals surface area contributed by atoms with E-state index in [9.17, 15) is 5.11 Å². The standard InChI is InChI=1S/C23H37NO.2CH4/c25-23(22-15-8-4-9-16-22,21-13-6-2-1-3-7-14-21)17-12-20-24-18-10-5-11-19-24;;/h4,8-9,15-16,21,25H,1-3,5-7,10-14,17-20H2;2*1H4. The molecular formula is C25H45NO. The molecule has 1 unspecified atom stereocenters. The smallest absolute Gasteiger partial charge is 0.0925 e. The fourth-order valence-corrected chi connectivity index (χ4v) is 5.00. The minimum absolute atomic E-state index is 0. The van der Waals surface area contributed by atoms with Gasteiger partial charge in [0, 0.05) is 0 Å². The second-order valence-corrected chi connectivity index (χ2v) is 8.34. The van der Waals surface area contributed by atoms with Crippen LogP contribution >= 0.6 is 0 Å². The van der Waals surface area contributed by atoms with Gasteiger partial charge >= 0.3 is 0 Å². The number of piperidine rings is 1. The van der Waals surface area contributed by atoms with Crippen LogP contribution in [0.3, 0.4) is 0 Å². The first-order chi connectivity index (χ1) is 12.3. The van der Waals surface area contributed by atoms with Crippen molar-refractivity contribution < 1.29 is 5.11 Å². The molecule has 2 aliphatic rings. The van der Waals surface area contributed by atoms with E-state index >= 15 is 0 Å². The largest absolute Gasteiger partial charge is 0.385 e. The highest BCUT2D eigenvalue weighted by atomic mass is 16.3. The molecule has 156 valence electrons. The maximum absolute atomic E-state index is 11.8. The van der Waals surface area contributed by atoms with Crippen molar-refractivity contribution >= 4 is 0 Å². The van der Waals surface area contributed by atoms with E-state index < -0.39 is 5.60 Å². The first-order valence-corrected chi connectivity index (χ1v) is 10.8. The van der Waals surface area contributed by atoms with Crippen LogP contribution in [0.1, 0.15) is 97.5 Å². The van der Waals surface area contributed by atoms with Crippen LogP contribution < -0.4 is 0 Å². The van der Waals surface area contributed by atoms with Crippen LogP contribution in [0.25, 0.3) is 0 Å². The van der Waals surface area contributed by atoms with Gasteiger partial charge in [-0.3, -0.25) is 0 Å². The first-order valence-electron chi connectivity index (χ1n) is 10.8. The van der Waals surface area contributed by atoms with Crippen LogP contribution in [-0.4, -0.2) is 29.6 Å². The van der Waals surface area contributed by atoms with Crippen molar-refractivity contribution in [3.63, 3.8) is 0 Å². The predicted molar refractivity (Wildman–Crippen MR) is 119 cm³/mol. The summed E-state index contributed by atoms with van der Waals surface area (Å²) in [7, 11) is 0. The molecule has 3 rings (SSSR count). The molecule has 27 heavy (non-hydrogen) atoms. The van der Waals surface area contributed by atoms with Crippen molar-refractivity contribution in [3.8, 4) is 0 Å². The first kappa shape index (κ1) is 24.2. The monoisotopic (exact) mass is 375 g/mol. The molecule has 0 aromatic heterocycles. The second-order valence-electron chi connectivity index (χ2n) is 8.34. The molecular weight excluding hydrogens is 330 g/mol. The van der Waals surface area contributed by atoms with Gasteiger partial charge in [-0.05, 0) is 69.6 Å². The third-order valence-corrected chi connectivity index (χ3v) is 6.54. The van der Waals surface area contributed by atoms with Gasteiger partial charge in [0.1, 0.15) is 0 Å². The quantitative estimate of drug-likeness (QED) is 0.593. The highest BCUT2D eigenvalue weighted by Gasteiger charge is 2.37. The molecule has 1 aliphatic heterocycles. The van der Waals surface area contributed by atoms with Gasteiger partial charge in [0.25, 0.3) is 0 Å². The van der Waals surface area contributed by atoms with Gasteiger partial charge < -0.3 is 10.0 Å². The number of aliphatic hydroxyl groups is 1. The molecule has 2 heteroatoms. The third-order valence-electron chi connectivity index (χ3n) is 6.54.